The van der Waals surface area contributed by atoms with E-state index in [0.29, 0.717) is 5.69 Å². The molecule has 0 N–H and O–H groups in total. The summed E-state index contributed by atoms with van der Waals surface area (Å²) < 4.78 is 6.61. The number of aryl methyl sites for hydroxylation is 3. The summed E-state index contributed by atoms with van der Waals surface area (Å²) in [6, 6.07) is 7.87. The molecule has 0 saturated carbocycles. The highest BCUT2D eigenvalue weighted by Gasteiger charge is 2.29. The SMILES string of the molecule is Cc1nn(C)c(Cl)c1C(=O)OCC(=O)N1c2ccccc2CCC1C. The van der Waals surface area contributed by atoms with Crippen molar-refractivity contribution in [3.05, 3.63) is 46.2 Å². The van der Waals surface area contributed by atoms with Gasteiger partial charge >= 0.3 is 5.97 Å². The lowest BCUT2D eigenvalue weighted by molar-refractivity contribution is -0.122. The predicted molar refractivity (Wildman–Crippen MR) is 94.9 cm³/mol. The Kier molecular flexibility index (Phi) is 4.81. The molecule has 0 aliphatic carbocycles. The largest absolute Gasteiger partial charge is 0.452 e. The molecule has 0 bridgehead atoms. The molecule has 2 heterocycles. The molecule has 1 aliphatic rings. The number of para-hydroxylation sites is 1. The van der Waals surface area contributed by atoms with E-state index in [1.165, 1.54) is 4.68 Å². The molecule has 1 unspecified atom stereocenters. The summed E-state index contributed by atoms with van der Waals surface area (Å²) in [6.45, 7) is 3.34. The monoisotopic (exact) mass is 361 g/mol. The second kappa shape index (κ2) is 6.88. The Morgan fingerprint density at radius 2 is 2.08 bits per heavy atom. The zero-order chi connectivity index (χ0) is 18.1. The molecule has 0 fully saturated rings. The average molecular weight is 362 g/mol. The van der Waals surface area contributed by atoms with Crippen LogP contribution in [0.25, 0.3) is 0 Å². The number of carbonyl (C=O) groups excluding carboxylic acids is 2. The van der Waals surface area contributed by atoms with E-state index in [1.807, 2.05) is 31.2 Å². The molecule has 25 heavy (non-hydrogen) atoms. The molecule has 2 aromatic rings. The van der Waals surface area contributed by atoms with Crippen molar-refractivity contribution in [2.45, 2.75) is 32.7 Å². The zero-order valence-electron chi connectivity index (χ0n) is 14.5. The van der Waals surface area contributed by atoms with Gasteiger partial charge in [0.25, 0.3) is 5.91 Å². The first kappa shape index (κ1) is 17.5. The summed E-state index contributed by atoms with van der Waals surface area (Å²) in [6.07, 6.45) is 1.82. The molecule has 0 saturated heterocycles. The van der Waals surface area contributed by atoms with Crippen LogP contribution in [0.4, 0.5) is 5.69 Å². The van der Waals surface area contributed by atoms with Crippen LogP contribution in [0.5, 0.6) is 0 Å². The quantitative estimate of drug-likeness (QED) is 0.788. The Hall–Kier alpha value is -2.34. The number of hydrogen-bond donors (Lipinski definition) is 0. The van der Waals surface area contributed by atoms with Crippen molar-refractivity contribution in [1.29, 1.82) is 0 Å². The molecule has 1 amide bonds. The second-order valence-electron chi connectivity index (χ2n) is 6.23. The van der Waals surface area contributed by atoms with Gasteiger partial charge in [-0.25, -0.2) is 4.79 Å². The number of hydrogen-bond acceptors (Lipinski definition) is 4. The van der Waals surface area contributed by atoms with Crippen LogP contribution in [0, 0.1) is 6.92 Å². The fourth-order valence-electron chi connectivity index (χ4n) is 3.20. The number of amides is 1. The lowest BCUT2D eigenvalue weighted by Gasteiger charge is -2.35. The maximum Gasteiger partial charge on any atom is 0.343 e. The van der Waals surface area contributed by atoms with Crippen LogP contribution in [-0.2, 0) is 23.0 Å². The second-order valence-corrected chi connectivity index (χ2v) is 6.59. The van der Waals surface area contributed by atoms with Crippen LogP contribution in [0.3, 0.4) is 0 Å². The fourth-order valence-corrected chi connectivity index (χ4v) is 3.45. The first-order chi connectivity index (χ1) is 11.9. The van der Waals surface area contributed by atoms with E-state index in [4.69, 9.17) is 16.3 Å². The number of anilines is 1. The summed E-state index contributed by atoms with van der Waals surface area (Å²) >= 11 is 6.07. The van der Waals surface area contributed by atoms with Gasteiger partial charge in [0.1, 0.15) is 10.7 Å². The van der Waals surface area contributed by atoms with Gasteiger partial charge in [-0.1, -0.05) is 29.8 Å². The maximum atomic E-state index is 12.7. The third kappa shape index (κ3) is 3.26. The van der Waals surface area contributed by atoms with Crippen LogP contribution in [-0.4, -0.2) is 34.3 Å². The van der Waals surface area contributed by atoms with Crippen LogP contribution in [0.1, 0.15) is 35.0 Å². The molecule has 3 rings (SSSR count). The van der Waals surface area contributed by atoms with Gasteiger partial charge in [-0.05, 0) is 38.3 Å². The van der Waals surface area contributed by atoms with Crippen molar-refractivity contribution in [2.75, 3.05) is 11.5 Å². The van der Waals surface area contributed by atoms with Gasteiger partial charge in [-0.15, -0.1) is 0 Å². The Balaban J connectivity index is 1.74. The number of fused-ring (bicyclic) bond motifs is 1. The first-order valence-corrected chi connectivity index (χ1v) is 8.54. The van der Waals surface area contributed by atoms with Gasteiger partial charge in [0.2, 0.25) is 0 Å². The number of ether oxygens (including phenoxy) is 1. The molecule has 1 aromatic heterocycles. The number of benzene rings is 1. The zero-order valence-corrected chi connectivity index (χ0v) is 15.2. The summed E-state index contributed by atoms with van der Waals surface area (Å²) in [5.41, 5.74) is 2.69. The molecule has 0 radical (unpaired) electrons. The van der Waals surface area contributed by atoms with Crippen LogP contribution in [0.2, 0.25) is 5.15 Å². The summed E-state index contributed by atoms with van der Waals surface area (Å²) in [5, 5.41) is 4.28. The van der Waals surface area contributed by atoms with Crippen molar-refractivity contribution in [2.24, 2.45) is 7.05 Å². The number of esters is 1. The summed E-state index contributed by atoms with van der Waals surface area (Å²) in [4.78, 5) is 26.7. The molecule has 1 aromatic carbocycles. The van der Waals surface area contributed by atoms with E-state index in [1.54, 1.807) is 18.9 Å². The third-order valence-corrected chi connectivity index (χ3v) is 4.91. The van der Waals surface area contributed by atoms with Gasteiger partial charge in [0.15, 0.2) is 6.61 Å². The highest BCUT2D eigenvalue weighted by Crippen LogP contribution is 2.30. The minimum absolute atomic E-state index is 0.0600. The molecular formula is C18H20ClN3O3. The average Bonchev–Trinajstić information content (AvgIpc) is 2.84. The summed E-state index contributed by atoms with van der Waals surface area (Å²) in [7, 11) is 1.64. The summed E-state index contributed by atoms with van der Waals surface area (Å²) in [5.74, 6) is -0.882. The normalized spacial score (nSPS) is 16.5. The Labute approximate surface area is 151 Å². The Morgan fingerprint density at radius 3 is 2.76 bits per heavy atom. The van der Waals surface area contributed by atoms with Gasteiger partial charge in [-0.2, -0.15) is 5.10 Å². The number of halogens is 1. The van der Waals surface area contributed by atoms with Crippen molar-refractivity contribution in [1.82, 2.24) is 9.78 Å². The van der Waals surface area contributed by atoms with Gasteiger partial charge in [0.05, 0.1) is 5.69 Å². The molecule has 1 aliphatic heterocycles. The smallest absolute Gasteiger partial charge is 0.343 e. The lowest BCUT2D eigenvalue weighted by Crippen LogP contribution is -2.44. The Morgan fingerprint density at radius 1 is 1.36 bits per heavy atom. The van der Waals surface area contributed by atoms with Crippen LogP contribution in [0.15, 0.2) is 24.3 Å². The number of carbonyl (C=O) groups is 2. The number of rotatable bonds is 3. The number of aromatic nitrogens is 2. The number of nitrogens with zero attached hydrogens (tertiary/aromatic N) is 3. The third-order valence-electron chi connectivity index (χ3n) is 4.48. The molecule has 132 valence electrons. The van der Waals surface area contributed by atoms with E-state index < -0.39 is 5.97 Å². The standard InChI is InChI=1S/C18H20ClN3O3/c1-11-8-9-13-6-4-5-7-14(13)22(11)15(23)10-25-18(24)16-12(2)20-21(3)17(16)19/h4-7,11H,8-10H2,1-3H3. The minimum atomic E-state index is -0.637. The lowest BCUT2D eigenvalue weighted by atomic mass is 9.96. The van der Waals surface area contributed by atoms with E-state index >= 15 is 0 Å². The minimum Gasteiger partial charge on any atom is -0.452 e. The fraction of sp³-hybridized carbons (Fsp3) is 0.389. The highest BCUT2D eigenvalue weighted by atomic mass is 35.5. The first-order valence-electron chi connectivity index (χ1n) is 8.16. The van der Waals surface area contributed by atoms with E-state index in [9.17, 15) is 9.59 Å². The van der Waals surface area contributed by atoms with E-state index in [2.05, 4.69) is 5.10 Å². The van der Waals surface area contributed by atoms with Crippen molar-refractivity contribution in [3.8, 4) is 0 Å². The molecule has 7 heteroatoms. The van der Waals surface area contributed by atoms with Crippen molar-refractivity contribution in [3.63, 3.8) is 0 Å². The Bertz CT molecular complexity index is 831. The predicted octanol–water partition coefficient (Wildman–Crippen LogP) is 2.91. The van der Waals surface area contributed by atoms with Crippen LogP contribution < -0.4 is 4.90 Å². The van der Waals surface area contributed by atoms with Crippen molar-refractivity contribution < 1.29 is 14.3 Å². The molecule has 1 atom stereocenters. The van der Waals surface area contributed by atoms with E-state index in [-0.39, 0.29) is 29.3 Å². The topological polar surface area (TPSA) is 64.4 Å². The van der Waals surface area contributed by atoms with Gasteiger partial charge < -0.3 is 9.64 Å². The molecule has 6 nitrogen and oxygen atoms in total. The maximum absolute atomic E-state index is 12.7. The van der Waals surface area contributed by atoms with Gasteiger partial charge in [-0.3, -0.25) is 9.48 Å². The molecular weight excluding hydrogens is 342 g/mol. The van der Waals surface area contributed by atoms with Gasteiger partial charge in [0, 0.05) is 18.8 Å². The van der Waals surface area contributed by atoms with E-state index in [0.717, 1.165) is 24.1 Å². The van der Waals surface area contributed by atoms with Crippen molar-refractivity contribution >= 4 is 29.2 Å². The molecule has 0 spiro atoms. The van der Waals surface area contributed by atoms with Crippen LogP contribution >= 0.6 is 11.6 Å². The highest BCUT2D eigenvalue weighted by molar-refractivity contribution is 6.32.